The van der Waals surface area contributed by atoms with E-state index in [9.17, 15) is 9.59 Å². The maximum atomic E-state index is 12.5. The van der Waals surface area contributed by atoms with Gasteiger partial charge in [0, 0.05) is 6.92 Å². The van der Waals surface area contributed by atoms with Crippen molar-refractivity contribution in [1.82, 2.24) is 0 Å². The van der Waals surface area contributed by atoms with Gasteiger partial charge in [0.1, 0.15) is 0 Å². The Hall–Kier alpha value is -3.75. The summed E-state index contributed by atoms with van der Waals surface area (Å²) in [6.07, 6.45) is 3.03. The number of hydrogen-bond acceptors (Lipinski definition) is 3. The number of esters is 1. The van der Waals surface area contributed by atoms with Crippen molar-refractivity contribution in [2.24, 2.45) is 0 Å². The number of carbonyl (C=O) groups excluding carboxylic acids is 2. The van der Waals surface area contributed by atoms with Crippen molar-refractivity contribution < 1.29 is 14.3 Å². The monoisotopic (exact) mass is 497 g/mol. The molecule has 0 aromatic heterocycles. The van der Waals surface area contributed by atoms with Crippen LogP contribution in [0.5, 0.6) is 5.75 Å². The zero-order chi connectivity index (χ0) is 25.2. The molecule has 0 radical (unpaired) electrons. The summed E-state index contributed by atoms with van der Waals surface area (Å²) in [4.78, 5) is 23.7. The maximum absolute atomic E-state index is 12.5. The Labute approximate surface area is 213 Å². The first kappa shape index (κ1) is 25.3. The summed E-state index contributed by atoms with van der Waals surface area (Å²) in [6.45, 7) is 1.46. The van der Waals surface area contributed by atoms with Crippen molar-refractivity contribution in [1.29, 1.82) is 0 Å². The summed E-state index contributed by atoms with van der Waals surface area (Å²) in [5, 5.41) is 6.84. The topological polar surface area (TPSA) is 55.4 Å². The third kappa shape index (κ3) is 6.27. The first-order chi connectivity index (χ1) is 17.6. The Morgan fingerprint density at radius 3 is 1.58 bits per heavy atom. The van der Waals surface area contributed by atoms with E-state index >= 15 is 0 Å². The molecule has 0 saturated carbocycles. The molecular weight excluding hydrogens is 465 g/mol. The van der Waals surface area contributed by atoms with Crippen LogP contribution < -0.4 is 26.0 Å². The van der Waals surface area contributed by atoms with Gasteiger partial charge in [-0.1, -0.05) is 0 Å². The first-order valence-corrected chi connectivity index (χ1v) is 14.5. The van der Waals surface area contributed by atoms with Gasteiger partial charge in [0.05, 0.1) is 0 Å². The molecule has 0 atom stereocenters. The normalized spacial score (nSPS) is 11.5. The standard InChI is InChI=1S/C31H32NO3P/c1-25(33)32-26-20-22-27(23-21-26)35-31(34)19-11-12-24-36(28-13-5-2-6-14-28,29-15-7-3-8-16-29)30-17-9-4-10-18-30/h2-10,13-18,20-23,36H,11-12,19,24H2,1H3,(H,32,33). The number of anilines is 1. The third-order valence-corrected chi connectivity index (χ3v) is 11.4. The number of unbranched alkanes of at least 4 members (excludes halogenated alkanes) is 1. The summed E-state index contributed by atoms with van der Waals surface area (Å²) >= 11 is 0. The average molecular weight is 498 g/mol. The predicted molar refractivity (Wildman–Crippen MR) is 152 cm³/mol. The van der Waals surface area contributed by atoms with Crippen LogP contribution >= 0.6 is 7.26 Å². The van der Waals surface area contributed by atoms with Gasteiger partial charge in [0.15, 0.2) is 0 Å². The fourth-order valence-corrected chi connectivity index (χ4v) is 9.68. The quantitative estimate of drug-likeness (QED) is 0.137. The van der Waals surface area contributed by atoms with E-state index in [0.29, 0.717) is 17.9 Å². The molecule has 5 heteroatoms. The van der Waals surface area contributed by atoms with Crippen molar-refractivity contribution in [3.63, 3.8) is 0 Å². The molecule has 0 heterocycles. The number of hydrogen-bond donors (Lipinski definition) is 1. The molecule has 0 fully saturated rings. The van der Waals surface area contributed by atoms with Crippen LogP contribution in [0.1, 0.15) is 26.2 Å². The predicted octanol–water partition coefficient (Wildman–Crippen LogP) is 5.45. The molecule has 184 valence electrons. The Balaban J connectivity index is 1.47. The van der Waals surface area contributed by atoms with Crippen LogP contribution in [0.3, 0.4) is 0 Å². The molecule has 0 unspecified atom stereocenters. The van der Waals surface area contributed by atoms with Gasteiger partial charge >= 0.3 is 202 Å². The minimum atomic E-state index is -2.28. The number of nitrogens with one attached hydrogen (secondary N) is 1. The van der Waals surface area contributed by atoms with E-state index in [1.165, 1.54) is 22.8 Å². The first-order valence-electron chi connectivity index (χ1n) is 12.3. The van der Waals surface area contributed by atoms with Gasteiger partial charge in [-0.25, -0.2) is 0 Å². The summed E-state index contributed by atoms with van der Waals surface area (Å²) in [7, 11) is -2.28. The van der Waals surface area contributed by atoms with Gasteiger partial charge in [-0.2, -0.15) is 0 Å². The molecule has 4 aromatic rings. The zero-order valence-electron chi connectivity index (χ0n) is 20.5. The van der Waals surface area contributed by atoms with E-state index in [-0.39, 0.29) is 11.9 Å². The molecule has 1 amide bonds. The van der Waals surface area contributed by atoms with Gasteiger partial charge in [0.25, 0.3) is 0 Å². The molecule has 1 N–H and O–H groups in total. The van der Waals surface area contributed by atoms with Crippen LogP contribution in [0.15, 0.2) is 115 Å². The van der Waals surface area contributed by atoms with Crippen molar-refractivity contribution in [3.8, 4) is 5.75 Å². The third-order valence-electron chi connectivity index (χ3n) is 6.39. The van der Waals surface area contributed by atoms with E-state index in [1.807, 2.05) is 0 Å². The molecule has 0 aliphatic carbocycles. The second-order valence-electron chi connectivity index (χ2n) is 8.89. The number of carbonyl (C=O) groups is 2. The molecule has 36 heavy (non-hydrogen) atoms. The molecule has 4 rings (SSSR count). The SMILES string of the molecule is CC(=O)Nc1ccc(OC(=O)CCCC[PH](c2ccccc2)(c2ccccc2)c2ccccc2)cc1. The fourth-order valence-electron chi connectivity index (χ4n) is 4.75. The summed E-state index contributed by atoms with van der Waals surface area (Å²) < 4.78 is 5.52. The number of benzene rings is 4. The molecule has 0 aliphatic rings. The van der Waals surface area contributed by atoms with Gasteiger partial charge in [-0.05, 0) is 0 Å². The van der Waals surface area contributed by atoms with Crippen molar-refractivity contribution in [3.05, 3.63) is 115 Å². The average Bonchev–Trinajstić information content (AvgIpc) is 2.91. The zero-order valence-corrected chi connectivity index (χ0v) is 21.5. The van der Waals surface area contributed by atoms with Gasteiger partial charge in [0.2, 0.25) is 0 Å². The summed E-state index contributed by atoms with van der Waals surface area (Å²) in [5.74, 6) is 0.102. The molecule has 0 aliphatic heterocycles. The Kier molecular flexibility index (Phi) is 8.65. The molecular formula is C31H32NO3P. The summed E-state index contributed by atoms with van der Waals surface area (Å²) in [6, 6.07) is 39.3. The number of rotatable bonds is 10. The molecule has 4 aromatic carbocycles. The molecule has 0 bridgehead atoms. The number of amides is 1. The van der Waals surface area contributed by atoms with Crippen LogP contribution in [0.2, 0.25) is 0 Å². The van der Waals surface area contributed by atoms with Crippen LogP contribution in [0.25, 0.3) is 0 Å². The van der Waals surface area contributed by atoms with E-state index in [4.69, 9.17) is 4.74 Å². The molecule has 0 spiro atoms. The van der Waals surface area contributed by atoms with E-state index < -0.39 is 7.26 Å². The van der Waals surface area contributed by atoms with E-state index in [2.05, 4.69) is 96.3 Å². The Bertz CT molecular complexity index is 1160. The fraction of sp³-hybridized carbons (Fsp3) is 0.161. The van der Waals surface area contributed by atoms with Crippen LogP contribution in [0.4, 0.5) is 5.69 Å². The second kappa shape index (κ2) is 12.3. The van der Waals surface area contributed by atoms with Crippen molar-refractivity contribution in [2.75, 3.05) is 11.5 Å². The van der Waals surface area contributed by atoms with E-state index in [1.54, 1.807) is 24.3 Å². The van der Waals surface area contributed by atoms with Crippen molar-refractivity contribution in [2.45, 2.75) is 26.2 Å². The van der Waals surface area contributed by atoms with E-state index in [0.717, 1.165) is 19.0 Å². The molecule has 0 saturated heterocycles. The van der Waals surface area contributed by atoms with Crippen molar-refractivity contribution >= 4 is 40.7 Å². The summed E-state index contributed by atoms with van der Waals surface area (Å²) in [5.41, 5.74) is 0.673. The van der Waals surface area contributed by atoms with Gasteiger partial charge < -0.3 is 0 Å². The number of ether oxygens (including phenoxy) is 1. The Morgan fingerprint density at radius 2 is 1.14 bits per heavy atom. The Morgan fingerprint density at radius 1 is 0.667 bits per heavy atom. The molecule has 4 nitrogen and oxygen atoms in total. The van der Waals surface area contributed by atoms with Crippen LogP contribution in [-0.4, -0.2) is 18.0 Å². The van der Waals surface area contributed by atoms with Gasteiger partial charge in [-0.3, -0.25) is 4.79 Å². The van der Waals surface area contributed by atoms with Gasteiger partial charge in [-0.15, -0.1) is 0 Å². The second-order valence-corrected chi connectivity index (χ2v) is 12.9. The van der Waals surface area contributed by atoms with Crippen LogP contribution in [-0.2, 0) is 9.59 Å². The minimum absolute atomic E-state index is 0.138. The van der Waals surface area contributed by atoms with Crippen LogP contribution in [0, 0.1) is 0 Å².